The molecule has 4 rings (SSSR count). The number of methoxy groups -OCH3 is 1. The van der Waals surface area contributed by atoms with E-state index in [-0.39, 0.29) is 37.8 Å². The summed E-state index contributed by atoms with van der Waals surface area (Å²) < 4.78 is 82.8. The second-order valence-corrected chi connectivity index (χ2v) is 12.7. The van der Waals surface area contributed by atoms with Crippen LogP contribution in [0.15, 0.2) is 24.3 Å². The summed E-state index contributed by atoms with van der Waals surface area (Å²) in [7, 11) is -2.50. The van der Waals surface area contributed by atoms with Crippen LogP contribution in [0.2, 0.25) is 0 Å². The van der Waals surface area contributed by atoms with Gasteiger partial charge in [0.15, 0.2) is 11.0 Å². The van der Waals surface area contributed by atoms with Crippen molar-refractivity contribution in [2.75, 3.05) is 53.0 Å². The Labute approximate surface area is 233 Å². The first-order valence-electron chi connectivity index (χ1n) is 13.7. The van der Waals surface area contributed by atoms with Crippen molar-refractivity contribution in [2.45, 2.75) is 68.3 Å². The Morgan fingerprint density at radius 2 is 1.75 bits per heavy atom. The van der Waals surface area contributed by atoms with Crippen molar-refractivity contribution in [3.8, 4) is 5.75 Å². The number of amides is 1. The second-order valence-electron chi connectivity index (χ2n) is 10.4. The summed E-state index contributed by atoms with van der Waals surface area (Å²) in [6.45, 7) is 2.72. The Kier molecular flexibility index (Phi) is 10.3. The first kappa shape index (κ1) is 31.0. The van der Waals surface area contributed by atoms with Crippen LogP contribution in [0, 0.1) is 0 Å². The van der Waals surface area contributed by atoms with Crippen LogP contribution >= 0.6 is 0 Å². The summed E-state index contributed by atoms with van der Waals surface area (Å²) in [5.74, 6) is -0.410. The first-order chi connectivity index (χ1) is 19.0. The Morgan fingerprint density at radius 3 is 2.33 bits per heavy atom. The molecule has 1 atom stereocenters. The average Bonchev–Trinajstić information content (AvgIpc) is 2.95. The van der Waals surface area contributed by atoms with E-state index in [0.29, 0.717) is 52.1 Å². The number of sulfonamides is 1. The van der Waals surface area contributed by atoms with Gasteiger partial charge in [-0.25, -0.2) is 23.0 Å². The number of piperidine rings is 2. The highest BCUT2D eigenvalue weighted by Gasteiger charge is 2.55. The monoisotopic (exact) mass is 593 g/mol. The fourth-order valence-electron chi connectivity index (χ4n) is 5.33. The quantitative estimate of drug-likeness (QED) is 0.413. The molecule has 3 aliphatic heterocycles. The lowest BCUT2D eigenvalue weighted by Gasteiger charge is -2.43. The molecule has 226 valence electrons. The van der Waals surface area contributed by atoms with Crippen LogP contribution in [0.25, 0.3) is 0 Å². The molecule has 0 saturated carbocycles. The van der Waals surface area contributed by atoms with Gasteiger partial charge in [0.05, 0.1) is 12.2 Å². The van der Waals surface area contributed by atoms with Gasteiger partial charge in [-0.05, 0) is 62.8 Å². The number of rotatable bonds is 10. The number of ether oxygens (including phenoxy) is 3. The van der Waals surface area contributed by atoms with E-state index in [0.717, 1.165) is 25.0 Å². The van der Waals surface area contributed by atoms with E-state index >= 15 is 0 Å². The maximum absolute atomic E-state index is 14.1. The Morgan fingerprint density at radius 1 is 1.07 bits per heavy atom. The molecule has 0 aliphatic carbocycles. The zero-order chi connectivity index (χ0) is 28.8. The topological polar surface area (TPSA) is 107 Å². The predicted molar refractivity (Wildman–Crippen MR) is 139 cm³/mol. The van der Waals surface area contributed by atoms with Gasteiger partial charge in [0.1, 0.15) is 11.9 Å². The molecule has 0 bridgehead atoms. The largest absolute Gasteiger partial charge is 0.490 e. The molecule has 1 N–H and O–H groups in total. The maximum Gasteiger partial charge on any atom is 0.416 e. The fourth-order valence-corrected chi connectivity index (χ4v) is 7.49. The minimum Gasteiger partial charge on any atom is -0.490 e. The molecule has 40 heavy (non-hydrogen) atoms. The number of benzene rings is 1. The molecule has 0 aromatic heterocycles. The lowest BCUT2D eigenvalue weighted by Crippen LogP contribution is -2.63. The summed E-state index contributed by atoms with van der Waals surface area (Å²) in [5, 5.41) is 0. The number of alkyl halides is 3. The highest BCUT2D eigenvalue weighted by molar-refractivity contribution is 7.91. The first-order valence-corrected chi connectivity index (χ1v) is 15.1. The number of hydrogen-bond donors (Lipinski definition) is 1. The number of halogens is 3. The van der Waals surface area contributed by atoms with E-state index in [1.165, 1.54) is 16.4 Å². The Hall–Kier alpha value is -1.97. The minimum atomic E-state index is -4.44. The van der Waals surface area contributed by atoms with E-state index in [1.54, 1.807) is 7.11 Å². The van der Waals surface area contributed by atoms with Gasteiger partial charge in [-0.2, -0.15) is 13.2 Å². The van der Waals surface area contributed by atoms with E-state index in [4.69, 9.17) is 19.0 Å². The van der Waals surface area contributed by atoms with Gasteiger partial charge in [-0.3, -0.25) is 4.79 Å². The Balaban J connectivity index is 1.41. The molecule has 1 aromatic rings. The number of hydroxylamine groups is 1. The van der Waals surface area contributed by atoms with Crippen LogP contribution < -0.4 is 10.2 Å². The van der Waals surface area contributed by atoms with Gasteiger partial charge >= 0.3 is 6.18 Å². The molecule has 0 radical (unpaired) electrons. The van der Waals surface area contributed by atoms with Gasteiger partial charge in [-0.15, -0.1) is 0 Å². The number of nitrogens with zero attached hydrogens (tertiary/aromatic N) is 2. The van der Waals surface area contributed by atoms with Crippen LogP contribution in [0.4, 0.5) is 13.2 Å². The van der Waals surface area contributed by atoms with Crippen LogP contribution in [0.1, 0.15) is 50.5 Å². The van der Waals surface area contributed by atoms with Gasteiger partial charge in [-0.1, -0.05) is 0 Å². The van der Waals surface area contributed by atoms with E-state index in [9.17, 15) is 26.4 Å². The van der Waals surface area contributed by atoms with Crippen molar-refractivity contribution in [3.05, 3.63) is 29.8 Å². The van der Waals surface area contributed by atoms with Crippen LogP contribution in [0.5, 0.6) is 5.75 Å². The van der Waals surface area contributed by atoms with E-state index < -0.39 is 38.7 Å². The second kappa shape index (κ2) is 13.3. The zero-order valence-electron chi connectivity index (χ0n) is 22.7. The number of carbonyl (C=O) groups excluding carboxylic acids is 1. The van der Waals surface area contributed by atoms with Crippen molar-refractivity contribution >= 4 is 15.9 Å². The molecule has 3 saturated heterocycles. The molecule has 10 nitrogen and oxygen atoms in total. The van der Waals surface area contributed by atoms with Crippen molar-refractivity contribution < 1.29 is 45.4 Å². The lowest BCUT2D eigenvalue weighted by molar-refractivity contribution is -0.202. The lowest BCUT2D eigenvalue weighted by atomic mass is 9.95. The van der Waals surface area contributed by atoms with Crippen molar-refractivity contribution in [2.24, 2.45) is 0 Å². The summed E-state index contributed by atoms with van der Waals surface area (Å²) >= 11 is 0. The van der Waals surface area contributed by atoms with Gasteiger partial charge < -0.3 is 19.1 Å². The Bertz CT molecular complexity index is 1070. The van der Waals surface area contributed by atoms with Gasteiger partial charge in [0.2, 0.25) is 10.0 Å². The molecule has 14 heteroatoms. The average molecular weight is 594 g/mol. The van der Waals surface area contributed by atoms with Crippen LogP contribution in [-0.2, 0) is 35.3 Å². The predicted octanol–water partition coefficient (Wildman–Crippen LogP) is 2.93. The van der Waals surface area contributed by atoms with Crippen LogP contribution in [-0.4, -0.2) is 93.7 Å². The maximum atomic E-state index is 14.1. The minimum absolute atomic E-state index is 0.0990. The fraction of sp³-hybridized carbons (Fsp3) is 0.731. The van der Waals surface area contributed by atoms with Crippen molar-refractivity contribution in [1.82, 2.24) is 14.7 Å². The van der Waals surface area contributed by atoms with Crippen molar-refractivity contribution in [1.29, 1.82) is 0 Å². The van der Waals surface area contributed by atoms with E-state index in [1.807, 2.05) is 0 Å². The number of carbonyl (C=O) groups is 1. The zero-order valence-corrected chi connectivity index (χ0v) is 23.5. The molecule has 1 amide bonds. The van der Waals surface area contributed by atoms with E-state index in [2.05, 4.69) is 10.4 Å². The molecule has 1 unspecified atom stereocenters. The summed E-state index contributed by atoms with van der Waals surface area (Å²) in [6.07, 6.45) is -2.14. The standard InChI is InChI=1S/C26H38F3N3O7S/c1-36-19-17-31-15-11-25(12-16-31,24(33)30-39-23-4-2-3-18-37-23)40(34,35)32-13-9-22(10-14-32)38-21-7-5-20(6-8-21)26(27,28)29/h5-8,22-23H,2-4,9-19H2,1H3,(H,30,33). The van der Waals surface area contributed by atoms with Crippen molar-refractivity contribution in [3.63, 3.8) is 0 Å². The molecule has 3 aliphatic rings. The van der Waals surface area contributed by atoms with Crippen LogP contribution in [0.3, 0.4) is 0 Å². The van der Waals surface area contributed by atoms with Gasteiger partial charge in [0, 0.05) is 52.9 Å². The number of likely N-dealkylation sites (tertiary alicyclic amines) is 1. The summed E-state index contributed by atoms with van der Waals surface area (Å²) in [5.41, 5.74) is 1.64. The molecule has 3 heterocycles. The third-order valence-corrected chi connectivity index (χ3v) is 10.5. The summed E-state index contributed by atoms with van der Waals surface area (Å²) in [6, 6.07) is 4.44. The molecule has 0 spiro atoms. The van der Waals surface area contributed by atoms with Gasteiger partial charge in [0.25, 0.3) is 5.91 Å². The molecular formula is C26H38F3N3O7S. The summed E-state index contributed by atoms with van der Waals surface area (Å²) in [4.78, 5) is 21.1. The highest BCUT2D eigenvalue weighted by Crippen LogP contribution is 2.36. The SMILES string of the molecule is COCCN1CCC(C(=O)NOC2CCCCO2)(S(=O)(=O)N2CCC(Oc3ccc(C(F)(F)F)cc3)CC2)CC1. The molecule has 3 fully saturated rings. The third kappa shape index (κ3) is 7.26. The smallest absolute Gasteiger partial charge is 0.416 e. The molecular weight excluding hydrogens is 555 g/mol. The number of nitrogens with one attached hydrogen (secondary N) is 1. The third-order valence-electron chi connectivity index (χ3n) is 7.83. The number of hydrogen-bond acceptors (Lipinski definition) is 8. The highest BCUT2D eigenvalue weighted by atomic mass is 32.2. The molecule has 1 aromatic carbocycles. The normalized spacial score (nSPS) is 23.6.